The second kappa shape index (κ2) is 14.7. The zero-order valence-electron chi connectivity index (χ0n) is 30.6. The highest BCUT2D eigenvalue weighted by atomic mass is 32.2. The molecule has 1 atom stereocenters. The number of nitrogens with zero attached hydrogens (tertiary/aromatic N) is 9. The van der Waals surface area contributed by atoms with Gasteiger partial charge in [0.1, 0.15) is 22.8 Å². The van der Waals surface area contributed by atoms with Crippen LogP contribution in [0.25, 0.3) is 10.9 Å². The number of amides is 1. The van der Waals surface area contributed by atoms with E-state index < -0.39 is 14.6 Å². The molecule has 274 valence electrons. The summed E-state index contributed by atoms with van der Waals surface area (Å²) in [7, 11) is -1.67. The first-order valence-corrected chi connectivity index (χ1v) is 18.9. The minimum Gasteiger partial charge on any atom is -0.492 e. The van der Waals surface area contributed by atoms with Crippen molar-refractivity contribution in [3.05, 3.63) is 47.7 Å². The van der Waals surface area contributed by atoms with E-state index >= 15 is 0 Å². The van der Waals surface area contributed by atoms with Crippen LogP contribution in [0.2, 0.25) is 0 Å². The summed E-state index contributed by atoms with van der Waals surface area (Å²) in [4.78, 5) is 39.8. The summed E-state index contributed by atoms with van der Waals surface area (Å²) in [5, 5.41) is 11.0. The summed E-state index contributed by atoms with van der Waals surface area (Å²) in [6.45, 7) is 17.5. The van der Waals surface area contributed by atoms with Crippen molar-refractivity contribution in [1.29, 1.82) is 0 Å². The summed E-state index contributed by atoms with van der Waals surface area (Å²) in [6, 6.07) is 3.70. The lowest BCUT2D eigenvalue weighted by molar-refractivity contribution is 0.0629. The topological polar surface area (TPSA) is 166 Å². The van der Waals surface area contributed by atoms with Crippen LogP contribution < -0.4 is 15.0 Å². The molecule has 1 aromatic carbocycles. The molecule has 4 aromatic rings. The molecule has 3 aromatic heterocycles. The van der Waals surface area contributed by atoms with Gasteiger partial charge in [-0.25, -0.2) is 28.4 Å². The Morgan fingerprint density at radius 3 is 2.37 bits per heavy atom. The van der Waals surface area contributed by atoms with Gasteiger partial charge in [-0.1, -0.05) is 0 Å². The number of carbonyl (C=O) groups is 1. The Balaban J connectivity index is 1.06. The van der Waals surface area contributed by atoms with Gasteiger partial charge in [0, 0.05) is 93.5 Å². The normalized spacial score (nSPS) is 18.0. The van der Waals surface area contributed by atoms with E-state index in [1.165, 1.54) is 6.33 Å². The Morgan fingerprint density at radius 1 is 1.00 bits per heavy atom. The van der Waals surface area contributed by atoms with Gasteiger partial charge in [0.05, 0.1) is 22.4 Å². The Hall–Kier alpha value is -4.41. The van der Waals surface area contributed by atoms with Gasteiger partial charge in [-0.05, 0) is 61.1 Å². The van der Waals surface area contributed by atoms with E-state index in [1.807, 2.05) is 18.7 Å². The fourth-order valence-corrected chi connectivity index (χ4v) is 7.50. The third kappa shape index (κ3) is 7.77. The molecule has 2 aliphatic heterocycles. The molecule has 0 bridgehead atoms. The second-order valence-electron chi connectivity index (χ2n) is 14.5. The lowest BCUT2D eigenvalue weighted by atomic mass is 10.2. The predicted molar refractivity (Wildman–Crippen MR) is 197 cm³/mol. The molecule has 1 amide bonds. The summed E-state index contributed by atoms with van der Waals surface area (Å²) in [5.41, 5.74) is 2.91. The number of piperazine rings is 2. The number of benzene rings is 1. The standard InChI is InChI=1S/C35H49N11O4S/c1-23-21-46(13-10-43(23)7)34-36-19-26(20-37-34)33(47)45-14-11-44(12-15-45)9-8-16-50-29-18-28-27(17-30(29)51(48,49)35(4,5)6)32(39-22-38-28)40-31-24(2)25(3)41-42-31/h17-20,22-23H,8-16,21H2,1-7H3,(H2,38,39,40,41,42)/t23-/m1/s1. The first-order valence-electron chi connectivity index (χ1n) is 17.5. The van der Waals surface area contributed by atoms with Crippen LogP contribution >= 0.6 is 0 Å². The largest absolute Gasteiger partial charge is 0.492 e. The molecule has 2 saturated heterocycles. The van der Waals surface area contributed by atoms with Crippen LogP contribution in [0.1, 0.15) is 55.7 Å². The highest BCUT2D eigenvalue weighted by Crippen LogP contribution is 2.37. The van der Waals surface area contributed by atoms with Gasteiger partial charge in [0.25, 0.3) is 5.91 Å². The fourth-order valence-electron chi connectivity index (χ4n) is 6.19. The van der Waals surface area contributed by atoms with Gasteiger partial charge < -0.3 is 24.8 Å². The summed E-state index contributed by atoms with van der Waals surface area (Å²) >= 11 is 0. The van der Waals surface area contributed by atoms with Crippen LogP contribution in [0.3, 0.4) is 0 Å². The van der Waals surface area contributed by atoms with Crippen molar-refractivity contribution in [3.63, 3.8) is 0 Å². The highest BCUT2D eigenvalue weighted by Gasteiger charge is 2.34. The molecule has 0 spiro atoms. The van der Waals surface area contributed by atoms with Crippen LogP contribution in [0.4, 0.5) is 17.6 Å². The van der Waals surface area contributed by atoms with Crippen LogP contribution in [-0.2, 0) is 9.84 Å². The van der Waals surface area contributed by atoms with Crippen molar-refractivity contribution >= 4 is 44.2 Å². The molecule has 5 heterocycles. The number of fused-ring (bicyclic) bond motifs is 1. The van der Waals surface area contributed by atoms with Gasteiger partial charge in [-0.3, -0.25) is 14.8 Å². The quantitative estimate of drug-likeness (QED) is 0.229. The molecule has 2 N–H and O–H groups in total. The lowest BCUT2D eigenvalue weighted by Crippen LogP contribution is -2.50. The molecule has 2 fully saturated rings. The Labute approximate surface area is 299 Å². The lowest BCUT2D eigenvalue weighted by Gasteiger charge is -2.37. The number of aryl methyl sites for hydroxylation is 1. The Bertz CT molecular complexity index is 1970. The van der Waals surface area contributed by atoms with Crippen molar-refractivity contribution < 1.29 is 17.9 Å². The van der Waals surface area contributed by atoms with E-state index in [4.69, 9.17) is 4.74 Å². The molecule has 16 heteroatoms. The molecule has 15 nitrogen and oxygen atoms in total. The smallest absolute Gasteiger partial charge is 0.257 e. The number of likely N-dealkylation sites (N-methyl/N-ethyl adjacent to an activating group) is 1. The summed E-state index contributed by atoms with van der Waals surface area (Å²) < 4.78 is 32.8. The van der Waals surface area contributed by atoms with Crippen LogP contribution in [-0.4, -0.2) is 136 Å². The van der Waals surface area contributed by atoms with E-state index in [0.717, 1.165) is 50.5 Å². The van der Waals surface area contributed by atoms with E-state index in [-0.39, 0.29) is 16.6 Å². The number of H-pyrrole nitrogens is 1. The number of nitrogens with one attached hydrogen (secondary N) is 2. The number of aromatic amines is 1. The van der Waals surface area contributed by atoms with Crippen LogP contribution in [0.5, 0.6) is 5.75 Å². The zero-order valence-corrected chi connectivity index (χ0v) is 31.4. The van der Waals surface area contributed by atoms with Gasteiger partial charge in [-0.15, -0.1) is 0 Å². The SMILES string of the molecule is Cc1[nH]nc(Nc2ncnc3cc(OCCCN4CCN(C(=O)c5cnc(N6CCN(C)[C@H](C)C6)nc5)CC4)c(S(=O)(=O)C(C)(C)C)cc23)c1C. The zero-order chi connectivity index (χ0) is 36.5. The molecule has 2 aliphatic rings. The number of sulfone groups is 1. The number of hydrogen-bond acceptors (Lipinski definition) is 13. The van der Waals surface area contributed by atoms with Crippen molar-refractivity contribution in [1.82, 2.24) is 44.8 Å². The van der Waals surface area contributed by atoms with Crippen LogP contribution in [0.15, 0.2) is 35.7 Å². The first kappa shape index (κ1) is 36.4. The van der Waals surface area contributed by atoms with Gasteiger partial charge in [0.2, 0.25) is 5.95 Å². The van der Waals surface area contributed by atoms with Crippen molar-refractivity contribution in [3.8, 4) is 5.75 Å². The second-order valence-corrected chi connectivity index (χ2v) is 17.2. The summed E-state index contributed by atoms with van der Waals surface area (Å²) in [5.74, 6) is 1.93. The number of aromatic nitrogens is 6. The molecule has 0 saturated carbocycles. The van der Waals surface area contributed by atoms with Crippen molar-refractivity contribution in [2.75, 3.05) is 76.2 Å². The first-order chi connectivity index (χ1) is 24.2. The molecular weight excluding hydrogens is 671 g/mol. The predicted octanol–water partition coefficient (Wildman–Crippen LogP) is 3.44. The minimum atomic E-state index is -3.79. The average Bonchev–Trinajstić information content (AvgIpc) is 3.42. The van der Waals surface area contributed by atoms with Crippen molar-refractivity contribution in [2.24, 2.45) is 0 Å². The van der Waals surface area contributed by atoms with Gasteiger partial charge >= 0.3 is 0 Å². The molecule has 51 heavy (non-hydrogen) atoms. The Kier molecular flexibility index (Phi) is 10.5. The maximum absolute atomic E-state index is 13.8. The molecule has 0 radical (unpaired) electrons. The van der Waals surface area contributed by atoms with E-state index in [9.17, 15) is 13.2 Å². The number of rotatable bonds is 10. The highest BCUT2D eigenvalue weighted by molar-refractivity contribution is 7.92. The minimum absolute atomic E-state index is 0.0584. The molecule has 0 unspecified atom stereocenters. The Morgan fingerprint density at radius 2 is 1.73 bits per heavy atom. The number of hydrogen-bond donors (Lipinski definition) is 2. The molecule has 0 aliphatic carbocycles. The summed E-state index contributed by atoms with van der Waals surface area (Å²) in [6.07, 6.45) is 5.39. The number of ether oxygens (including phenoxy) is 1. The van der Waals surface area contributed by atoms with E-state index in [0.29, 0.717) is 66.2 Å². The van der Waals surface area contributed by atoms with Gasteiger partial charge in [-0.2, -0.15) is 5.10 Å². The monoisotopic (exact) mass is 719 g/mol. The third-order valence-electron chi connectivity index (χ3n) is 9.95. The number of carbonyl (C=O) groups excluding carboxylic acids is 1. The van der Waals surface area contributed by atoms with E-state index in [1.54, 1.807) is 45.3 Å². The third-order valence-corrected chi connectivity index (χ3v) is 12.5. The number of anilines is 3. The average molecular weight is 720 g/mol. The van der Waals surface area contributed by atoms with Crippen molar-refractivity contribution in [2.45, 2.75) is 63.6 Å². The molecular formula is C35H49N11O4S. The fraction of sp³-hybridized carbons (Fsp3) is 0.543. The maximum Gasteiger partial charge on any atom is 0.257 e. The van der Waals surface area contributed by atoms with Gasteiger partial charge in [0.15, 0.2) is 15.7 Å². The molecule has 6 rings (SSSR count). The van der Waals surface area contributed by atoms with Crippen LogP contribution in [0, 0.1) is 13.8 Å². The van der Waals surface area contributed by atoms with E-state index in [2.05, 4.69) is 64.1 Å². The maximum atomic E-state index is 13.8.